The zero-order valence-corrected chi connectivity index (χ0v) is 13.6. The molecule has 2 heterocycles. The number of pyridine rings is 1. The number of fused-ring (bicyclic) bond motifs is 1. The molecule has 4 nitrogen and oxygen atoms in total. The van der Waals surface area contributed by atoms with Gasteiger partial charge in [-0.1, -0.05) is 48.0 Å². The lowest BCUT2D eigenvalue weighted by atomic mass is 10.1. The van der Waals surface area contributed by atoms with E-state index in [2.05, 4.69) is 4.98 Å². The first-order chi connectivity index (χ1) is 11.6. The molecule has 0 saturated heterocycles. The average Bonchev–Trinajstić information content (AvgIpc) is 2.96. The summed E-state index contributed by atoms with van der Waals surface area (Å²) in [6, 6.07) is 19.5. The number of para-hydroxylation sites is 1. The minimum absolute atomic E-state index is 0.0148. The van der Waals surface area contributed by atoms with E-state index in [-0.39, 0.29) is 5.43 Å². The van der Waals surface area contributed by atoms with Crippen molar-refractivity contribution in [2.24, 2.45) is 0 Å². The van der Waals surface area contributed by atoms with Gasteiger partial charge in [0, 0.05) is 17.3 Å². The molecular formula is C20H17N3O. The van der Waals surface area contributed by atoms with E-state index < -0.39 is 0 Å². The van der Waals surface area contributed by atoms with Crippen LogP contribution in [0.2, 0.25) is 0 Å². The molecule has 0 aliphatic carbocycles. The lowest BCUT2D eigenvalue weighted by Gasteiger charge is -2.03. The zero-order valence-electron chi connectivity index (χ0n) is 13.6. The Hall–Kier alpha value is -3.14. The summed E-state index contributed by atoms with van der Waals surface area (Å²) in [6.45, 7) is 3.93. The molecule has 118 valence electrons. The van der Waals surface area contributed by atoms with Crippen molar-refractivity contribution in [3.8, 4) is 16.9 Å². The van der Waals surface area contributed by atoms with Crippen LogP contribution in [0, 0.1) is 13.8 Å². The Labute approximate surface area is 139 Å². The van der Waals surface area contributed by atoms with Crippen molar-refractivity contribution in [3.05, 3.63) is 82.1 Å². The number of hydrogen-bond acceptors (Lipinski definition) is 2. The molecule has 0 atom stereocenters. The maximum absolute atomic E-state index is 12.6. The van der Waals surface area contributed by atoms with Gasteiger partial charge in [-0.05, 0) is 26.0 Å². The molecule has 2 aromatic heterocycles. The van der Waals surface area contributed by atoms with Gasteiger partial charge >= 0.3 is 0 Å². The van der Waals surface area contributed by atoms with E-state index in [1.54, 1.807) is 10.7 Å². The summed E-state index contributed by atoms with van der Waals surface area (Å²) < 4.78 is 1.80. The number of nitrogens with zero attached hydrogens (tertiary/aromatic N) is 2. The molecule has 24 heavy (non-hydrogen) atoms. The van der Waals surface area contributed by atoms with E-state index in [0.29, 0.717) is 11.1 Å². The molecule has 2 aromatic carbocycles. The molecule has 0 radical (unpaired) electrons. The van der Waals surface area contributed by atoms with Gasteiger partial charge in [-0.3, -0.25) is 4.79 Å². The van der Waals surface area contributed by atoms with Gasteiger partial charge in [-0.25, -0.2) is 4.68 Å². The van der Waals surface area contributed by atoms with E-state index in [4.69, 9.17) is 5.10 Å². The molecule has 4 aromatic rings. The summed E-state index contributed by atoms with van der Waals surface area (Å²) in [7, 11) is 0. The smallest absolute Gasteiger partial charge is 0.193 e. The van der Waals surface area contributed by atoms with E-state index in [1.807, 2.05) is 68.4 Å². The van der Waals surface area contributed by atoms with Gasteiger partial charge in [-0.15, -0.1) is 0 Å². The SMILES string of the molecule is Cc1ccc(-c2nn(-c3ccccc3)c3[nH]c(C)cc(=O)c23)cc1. The molecule has 0 aliphatic rings. The molecule has 0 bridgehead atoms. The maximum Gasteiger partial charge on any atom is 0.193 e. The maximum atomic E-state index is 12.6. The highest BCUT2D eigenvalue weighted by atomic mass is 16.1. The lowest BCUT2D eigenvalue weighted by molar-refractivity contribution is 0.898. The monoisotopic (exact) mass is 315 g/mol. The first kappa shape index (κ1) is 14.5. The standard InChI is InChI=1S/C20H17N3O/c1-13-8-10-15(11-9-13)19-18-17(24)12-14(2)21-20(18)23(22-19)16-6-4-3-5-7-16/h3-12H,1-2H3,(H,21,24). The van der Waals surface area contributed by atoms with Crippen LogP contribution in [0.3, 0.4) is 0 Å². The number of aromatic amines is 1. The average molecular weight is 315 g/mol. The van der Waals surface area contributed by atoms with Crippen molar-refractivity contribution in [3.63, 3.8) is 0 Å². The normalized spacial score (nSPS) is 11.1. The lowest BCUT2D eigenvalue weighted by Crippen LogP contribution is -2.04. The van der Waals surface area contributed by atoms with Gasteiger partial charge in [0.2, 0.25) is 0 Å². The minimum Gasteiger partial charge on any atom is -0.343 e. The molecular weight excluding hydrogens is 298 g/mol. The third-order valence-corrected chi connectivity index (χ3v) is 4.12. The Bertz CT molecular complexity index is 1070. The fourth-order valence-corrected chi connectivity index (χ4v) is 2.93. The van der Waals surface area contributed by atoms with Gasteiger partial charge in [0.15, 0.2) is 5.43 Å². The summed E-state index contributed by atoms with van der Waals surface area (Å²) in [4.78, 5) is 15.9. The molecule has 1 N–H and O–H groups in total. The highest BCUT2D eigenvalue weighted by Gasteiger charge is 2.17. The van der Waals surface area contributed by atoms with E-state index in [0.717, 1.165) is 22.6 Å². The predicted octanol–water partition coefficient (Wildman–Crippen LogP) is 4.00. The Morgan fingerprint density at radius 3 is 2.38 bits per heavy atom. The molecule has 0 amide bonds. The molecule has 4 rings (SSSR count). The molecule has 4 heteroatoms. The van der Waals surface area contributed by atoms with Gasteiger partial charge in [0.05, 0.1) is 11.1 Å². The van der Waals surface area contributed by atoms with Crippen molar-refractivity contribution in [2.45, 2.75) is 13.8 Å². The number of hydrogen-bond donors (Lipinski definition) is 1. The van der Waals surface area contributed by atoms with Crippen LogP contribution in [-0.2, 0) is 0 Å². The van der Waals surface area contributed by atoms with Crippen LogP contribution >= 0.6 is 0 Å². The van der Waals surface area contributed by atoms with Crippen molar-refractivity contribution in [2.75, 3.05) is 0 Å². The Morgan fingerprint density at radius 1 is 0.958 bits per heavy atom. The summed E-state index contributed by atoms with van der Waals surface area (Å²) in [6.07, 6.45) is 0. The quantitative estimate of drug-likeness (QED) is 0.608. The van der Waals surface area contributed by atoms with Crippen LogP contribution in [0.25, 0.3) is 28.0 Å². The summed E-state index contributed by atoms with van der Waals surface area (Å²) in [5.74, 6) is 0. The van der Waals surface area contributed by atoms with Crippen LogP contribution < -0.4 is 5.43 Å². The minimum atomic E-state index is -0.0148. The van der Waals surface area contributed by atoms with Crippen LogP contribution in [0.1, 0.15) is 11.3 Å². The fourth-order valence-electron chi connectivity index (χ4n) is 2.93. The highest BCUT2D eigenvalue weighted by Crippen LogP contribution is 2.27. The van der Waals surface area contributed by atoms with Crippen LogP contribution in [-0.4, -0.2) is 14.8 Å². The number of benzene rings is 2. The second-order valence-corrected chi connectivity index (χ2v) is 6.00. The Balaban J connectivity index is 2.08. The Kier molecular flexibility index (Phi) is 3.31. The summed E-state index contributed by atoms with van der Waals surface area (Å²) in [5, 5.41) is 5.37. The largest absolute Gasteiger partial charge is 0.343 e. The van der Waals surface area contributed by atoms with Crippen molar-refractivity contribution >= 4 is 11.0 Å². The van der Waals surface area contributed by atoms with Gasteiger partial charge < -0.3 is 4.98 Å². The van der Waals surface area contributed by atoms with Crippen LogP contribution in [0.15, 0.2) is 65.5 Å². The topological polar surface area (TPSA) is 50.7 Å². The first-order valence-corrected chi connectivity index (χ1v) is 7.88. The summed E-state index contributed by atoms with van der Waals surface area (Å²) >= 11 is 0. The molecule has 0 unspecified atom stereocenters. The third-order valence-electron chi connectivity index (χ3n) is 4.12. The first-order valence-electron chi connectivity index (χ1n) is 7.88. The van der Waals surface area contributed by atoms with Gasteiger partial charge in [0.1, 0.15) is 11.3 Å². The van der Waals surface area contributed by atoms with Crippen molar-refractivity contribution in [1.29, 1.82) is 0 Å². The van der Waals surface area contributed by atoms with Crippen LogP contribution in [0.4, 0.5) is 0 Å². The van der Waals surface area contributed by atoms with E-state index >= 15 is 0 Å². The predicted molar refractivity (Wildman–Crippen MR) is 96.6 cm³/mol. The molecule has 0 fully saturated rings. The second-order valence-electron chi connectivity index (χ2n) is 6.00. The van der Waals surface area contributed by atoms with Gasteiger partial charge in [0.25, 0.3) is 0 Å². The Morgan fingerprint density at radius 2 is 1.67 bits per heavy atom. The molecule has 0 aliphatic heterocycles. The number of nitrogens with one attached hydrogen (secondary N) is 1. The fraction of sp³-hybridized carbons (Fsp3) is 0.100. The van der Waals surface area contributed by atoms with Gasteiger partial charge in [-0.2, -0.15) is 5.10 Å². The molecule has 0 saturated carbocycles. The third kappa shape index (κ3) is 2.33. The number of rotatable bonds is 2. The van der Waals surface area contributed by atoms with Crippen LogP contribution in [0.5, 0.6) is 0 Å². The zero-order chi connectivity index (χ0) is 16.7. The molecule has 0 spiro atoms. The number of aromatic nitrogens is 3. The highest BCUT2D eigenvalue weighted by molar-refractivity contribution is 5.92. The summed E-state index contributed by atoms with van der Waals surface area (Å²) in [5.41, 5.74) is 5.27. The van der Waals surface area contributed by atoms with Crippen molar-refractivity contribution < 1.29 is 0 Å². The second kappa shape index (κ2) is 5.49. The van der Waals surface area contributed by atoms with E-state index in [1.165, 1.54) is 5.56 Å². The number of aryl methyl sites for hydroxylation is 2. The van der Waals surface area contributed by atoms with Crippen molar-refractivity contribution in [1.82, 2.24) is 14.8 Å². The number of H-pyrrole nitrogens is 1. The van der Waals surface area contributed by atoms with E-state index in [9.17, 15) is 4.79 Å².